The largest absolute Gasteiger partial charge is 0.375 e. The minimum absolute atomic E-state index is 0.0258. The van der Waals surface area contributed by atoms with Crippen LogP contribution in [-0.2, 0) is 21.5 Å². The molecule has 2 atom stereocenters. The quantitative estimate of drug-likeness (QED) is 0.557. The first-order chi connectivity index (χ1) is 13.9. The van der Waals surface area contributed by atoms with Crippen LogP contribution in [0.2, 0.25) is 5.02 Å². The molecular formula is C25H32ClNO2. The van der Waals surface area contributed by atoms with Gasteiger partial charge in [0.15, 0.2) is 0 Å². The molecule has 0 unspecified atom stereocenters. The molecule has 0 bridgehead atoms. The topological polar surface area (TPSA) is 29.5 Å². The van der Waals surface area contributed by atoms with Crippen molar-refractivity contribution in [2.24, 2.45) is 0 Å². The van der Waals surface area contributed by atoms with Gasteiger partial charge in [0.05, 0.1) is 5.60 Å². The fourth-order valence-corrected chi connectivity index (χ4v) is 4.60. The highest BCUT2D eigenvalue weighted by Gasteiger charge is 2.43. The maximum Gasteiger partial charge on any atom is 0.219 e. The second-order valence-electron chi connectivity index (χ2n) is 8.54. The molecule has 1 fully saturated rings. The maximum atomic E-state index is 12.4. The molecule has 3 nitrogen and oxygen atoms in total. The highest BCUT2D eigenvalue weighted by Crippen LogP contribution is 2.45. The third-order valence-electron chi connectivity index (χ3n) is 6.47. The zero-order chi connectivity index (χ0) is 20.9. The summed E-state index contributed by atoms with van der Waals surface area (Å²) in [6, 6.07) is 18.5. The Morgan fingerprint density at radius 2 is 1.83 bits per heavy atom. The van der Waals surface area contributed by atoms with Crippen LogP contribution in [0.1, 0.15) is 57.6 Å². The predicted octanol–water partition coefficient (Wildman–Crippen LogP) is 6.00. The van der Waals surface area contributed by atoms with Gasteiger partial charge in [0, 0.05) is 37.1 Å². The van der Waals surface area contributed by atoms with Crippen molar-refractivity contribution in [1.82, 2.24) is 4.90 Å². The van der Waals surface area contributed by atoms with Crippen molar-refractivity contribution in [3.63, 3.8) is 0 Å². The van der Waals surface area contributed by atoms with E-state index in [-0.39, 0.29) is 16.9 Å². The Labute approximate surface area is 180 Å². The lowest BCUT2D eigenvalue weighted by molar-refractivity contribution is -0.130. The Kier molecular flexibility index (Phi) is 7.02. The maximum absolute atomic E-state index is 12.4. The van der Waals surface area contributed by atoms with E-state index in [1.165, 1.54) is 5.56 Å². The van der Waals surface area contributed by atoms with Crippen molar-refractivity contribution in [3.8, 4) is 0 Å². The van der Waals surface area contributed by atoms with Gasteiger partial charge >= 0.3 is 0 Å². The third kappa shape index (κ3) is 5.40. The van der Waals surface area contributed by atoms with Crippen molar-refractivity contribution < 1.29 is 9.53 Å². The van der Waals surface area contributed by atoms with Crippen molar-refractivity contribution in [3.05, 3.63) is 70.7 Å². The van der Waals surface area contributed by atoms with Crippen LogP contribution in [0, 0.1) is 0 Å². The molecule has 156 valence electrons. The molecule has 1 saturated heterocycles. The van der Waals surface area contributed by atoms with Crippen LogP contribution in [0.25, 0.3) is 0 Å². The van der Waals surface area contributed by atoms with E-state index in [1.807, 2.05) is 29.2 Å². The number of carbonyl (C=O) groups is 1. The molecule has 0 N–H and O–H groups in total. The Balaban J connectivity index is 1.81. The second kappa shape index (κ2) is 9.32. The average molecular weight is 414 g/mol. The molecule has 4 heteroatoms. The molecule has 1 amide bonds. The van der Waals surface area contributed by atoms with E-state index in [2.05, 4.69) is 44.2 Å². The zero-order valence-electron chi connectivity index (χ0n) is 17.8. The van der Waals surface area contributed by atoms with E-state index in [1.54, 1.807) is 6.92 Å². The van der Waals surface area contributed by atoms with Crippen LogP contribution in [0.4, 0.5) is 0 Å². The Bertz CT molecular complexity index is 807. The molecule has 1 aliphatic rings. The fraction of sp³-hybridized carbons (Fsp3) is 0.480. The monoisotopic (exact) mass is 413 g/mol. The molecular weight excluding hydrogens is 382 g/mol. The molecule has 0 saturated carbocycles. The van der Waals surface area contributed by atoms with Gasteiger partial charge in [-0.1, -0.05) is 61.0 Å². The van der Waals surface area contributed by atoms with Crippen molar-refractivity contribution >= 4 is 17.5 Å². The van der Waals surface area contributed by atoms with E-state index in [4.69, 9.17) is 16.3 Å². The van der Waals surface area contributed by atoms with E-state index in [0.717, 1.165) is 44.4 Å². The predicted molar refractivity (Wildman–Crippen MR) is 119 cm³/mol. The number of benzene rings is 2. The number of halogens is 1. The summed E-state index contributed by atoms with van der Waals surface area (Å²) in [4.78, 5) is 14.3. The number of ether oxygens (including phenoxy) is 1. The number of amides is 1. The normalized spacial score (nSPS) is 24.3. The summed E-state index contributed by atoms with van der Waals surface area (Å²) < 4.78 is 6.16. The van der Waals surface area contributed by atoms with Gasteiger partial charge in [0.25, 0.3) is 0 Å². The van der Waals surface area contributed by atoms with Gasteiger partial charge in [-0.3, -0.25) is 4.79 Å². The number of nitrogens with zero attached hydrogens (tertiary/aromatic N) is 1. The number of hydrogen-bond acceptors (Lipinski definition) is 2. The Morgan fingerprint density at radius 3 is 2.45 bits per heavy atom. The molecule has 2 aromatic carbocycles. The number of hydrogen-bond donors (Lipinski definition) is 0. The molecule has 2 aromatic rings. The van der Waals surface area contributed by atoms with Gasteiger partial charge in [-0.15, -0.1) is 0 Å². The number of carbonyl (C=O) groups excluding carboxylic acids is 1. The average Bonchev–Trinajstić information content (AvgIpc) is 2.73. The summed E-state index contributed by atoms with van der Waals surface area (Å²) in [6.07, 6.45) is 3.89. The van der Waals surface area contributed by atoms with Crippen LogP contribution < -0.4 is 0 Å². The second-order valence-corrected chi connectivity index (χ2v) is 8.98. The van der Waals surface area contributed by atoms with E-state index in [9.17, 15) is 4.79 Å². The lowest BCUT2D eigenvalue weighted by atomic mass is 9.66. The standard InChI is InChI=1S/C25H32ClNO2/c1-4-24(3)19-25(15-17-29-24,22-8-6-5-7-9-22)14-16-27(20(2)28)18-21-10-12-23(26)13-11-21/h5-13H,4,14-19H2,1-3H3/t24-,25-/m0/s1. The summed E-state index contributed by atoms with van der Waals surface area (Å²) in [5.41, 5.74) is 2.37. The first kappa shape index (κ1) is 21.9. The molecule has 0 aliphatic carbocycles. The summed E-state index contributed by atoms with van der Waals surface area (Å²) in [5, 5.41) is 0.715. The molecule has 0 spiro atoms. The zero-order valence-corrected chi connectivity index (χ0v) is 18.5. The lowest BCUT2D eigenvalue weighted by Crippen LogP contribution is -2.47. The van der Waals surface area contributed by atoms with Gasteiger partial charge in [0.1, 0.15) is 0 Å². The Hall–Kier alpha value is -1.84. The van der Waals surface area contributed by atoms with E-state index in [0.29, 0.717) is 11.6 Å². The van der Waals surface area contributed by atoms with Gasteiger partial charge in [-0.05, 0) is 55.9 Å². The summed E-state index contributed by atoms with van der Waals surface area (Å²) in [5.74, 6) is 0.105. The van der Waals surface area contributed by atoms with Crippen LogP contribution in [0.3, 0.4) is 0 Å². The molecule has 29 heavy (non-hydrogen) atoms. The summed E-state index contributed by atoms with van der Waals surface area (Å²) >= 11 is 6.01. The molecule has 3 rings (SSSR count). The first-order valence-corrected chi connectivity index (χ1v) is 10.9. The number of rotatable bonds is 7. The van der Waals surface area contributed by atoms with E-state index >= 15 is 0 Å². The molecule has 0 aromatic heterocycles. The fourth-order valence-electron chi connectivity index (χ4n) is 4.48. The molecule has 1 heterocycles. The first-order valence-electron chi connectivity index (χ1n) is 10.6. The minimum atomic E-state index is -0.120. The van der Waals surface area contributed by atoms with Crippen LogP contribution in [0.5, 0.6) is 0 Å². The summed E-state index contributed by atoms with van der Waals surface area (Å²) in [7, 11) is 0. The third-order valence-corrected chi connectivity index (χ3v) is 6.72. The van der Waals surface area contributed by atoms with Gasteiger partial charge in [-0.2, -0.15) is 0 Å². The Morgan fingerprint density at radius 1 is 1.14 bits per heavy atom. The van der Waals surface area contributed by atoms with Crippen LogP contribution in [-0.4, -0.2) is 29.6 Å². The molecule has 0 radical (unpaired) electrons. The highest BCUT2D eigenvalue weighted by atomic mass is 35.5. The lowest BCUT2D eigenvalue weighted by Gasteiger charge is -2.47. The molecule has 1 aliphatic heterocycles. The van der Waals surface area contributed by atoms with Crippen molar-refractivity contribution in [2.45, 2.75) is 64.0 Å². The smallest absolute Gasteiger partial charge is 0.219 e. The van der Waals surface area contributed by atoms with Crippen LogP contribution >= 0.6 is 11.6 Å². The highest BCUT2D eigenvalue weighted by molar-refractivity contribution is 6.30. The van der Waals surface area contributed by atoms with E-state index < -0.39 is 0 Å². The summed E-state index contributed by atoms with van der Waals surface area (Å²) in [6.45, 7) is 8.18. The minimum Gasteiger partial charge on any atom is -0.375 e. The van der Waals surface area contributed by atoms with Crippen molar-refractivity contribution in [1.29, 1.82) is 0 Å². The van der Waals surface area contributed by atoms with Gasteiger partial charge in [0.2, 0.25) is 5.91 Å². The van der Waals surface area contributed by atoms with Crippen LogP contribution in [0.15, 0.2) is 54.6 Å². The SMILES string of the molecule is CC[C@@]1(C)C[C@@](CCN(Cc2ccc(Cl)cc2)C(C)=O)(c2ccccc2)CCO1. The van der Waals surface area contributed by atoms with Gasteiger partial charge < -0.3 is 9.64 Å². The van der Waals surface area contributed by atoms with Crippen molar-refractivity contribution in [2.75, 3.05) is 13.2 Å². The van der Waals surface area contributed by atoms with Gasteiger partial charge in [-0.25, -0.2) is 0 Å².